The molecule has 436 valence electrons. The molecule has 7 unspecified atom stereocenters. The summed E-state index contributed by atoms with van der Waals surface area (Å²) in [5, 5.41) is 54.6. The van der Waals surface area contributed by atoms with Crippen molar-refractivity contribution >= 4 is 5.91 Å². The van der Waals surface area contributed by atoms with Crippen molar-refractivity contribution in [2.75, 3.05) is 13.2 Å². The largest absolute Gasteiger partial charge is 0.394 e. The van der Waals surface area contributed by atoms with E-state index in [-0.39, 0.29) is 12.5 Å². The lowest BCUT2D eigenvalue weighted by molar-refractivity contribution is -0.302. The van der Waals surface area contributed by atoms with E-state index in [1.54, 1.807) is 6.08 Å². The second-order valence-electron chi connectivity index (χ2n) is 21.1. The molecule has 0 aliphatic carbocycles. The van der Waals surface area contributed by atoms with Crippen molar-refractivity contribution in [1.82, 2.24) is 5.32 Å². The van der Waals surface area contributed by atoms with E-state index in [0.717, 1.165) is 83.5 Å². The summed E-state index contributed by atoms with van der Waals surface area (Å²) in [6.07, 6.45) is 74.5. The Morgan fingerprint density at radius 3 is 1.26 bits per heavy atom. The van der Waals surface area contributed by atoms with E-state index < -0.39 is 49.5 Å². The third kappa shape index (κ3) is 43.8. The molecule has 9 heteroatoms. The van der Waals surface area contributed by atoms with E-state index in [1.165, 1.54) is 141 Å². The first-order chi connectivity index (χ1) is 37.3. The smallest absolute Gasteiger partial charge is 0.220 e. The highest BCUT2D eigenvalue weighted by molar-refractivity contribution is 5.76. The van der Waals surface area contributed by atoms with Crippen LogP contribution in [0.25, 0.3) is 0 Å². The van der Waals surface area contributed by atoms with Crippen LogP contribution in [0.4, 0.5) is 0 Å². The maximum absolute atomic E-state index is 13.1. The van der Waals surface area contributed by atoms with Crippen LogP contribution in [0.5, 0.6) is 0 Å². The zero-order chi connectivity index (χ0) is 55.0. The van der Waals surface area contributed by atoms with Gasteiger partial charge in [0.05, 0.1) is 25.4 Å². The minimum Gasteiger partial charge on any atom is -0.394 e. The van der Waals surface area contributed by atoms with Crippen LogP contribution in [0.3, 0.4) is 0 Å². The topological polar surface area (TPSA) is 149 Å². The predicted molar refractivity (Wildman–Crippen MR) is 322 cm³/mol. The molecule has 0 radical (unpaired) electrons. The molecule has 6 N–H and O–H groups in total. The van der Waals surface area contributed by atoms with Crippen LogP contribution in [0.15, 0.2) is 109 Å². The molecule has 1 heterocycles. The minimum absolute atomic E-state index is 0.221. The number of carbonyl (C=O) groups excluding carboxylic acids is 1. The molecular formula is C67H115NO8. The van der Waals surface area contributed by atoms with Gasteiger partial charge in [-0.25, -0.2) is 0 Å². The second kappa shape index (κ2) is 55.2. The van der Waals surface area contributed by atoms with Gasteiger partial charge < -0.3 is 40.3 Å². The Kier molecular flexibility index (Phi) is 51.4. The normalized spacial score (nSPS) is 19.6. The van der Waals surface area contributed by atoms with Crippen LogP contribution >= 0.6 is 0 Å². The summed E-state index contributed by atoms with van der Waals surface area (Å²) < 4.78 is 11.3. The van der Waals surface area contributed by atoms with E-state index in [9.17, 15) is 30.3 Å². The van der Waals surface area contributed by atoms with Crippen molar-refractivity contribution in [3.63, 3.8) is 0 Å². The molecule has 0 aromatic carbocycles. The molecular weight excluding hydrogens is 947 g/mol. The Morgan fingerprint density at radius 1 is 0.461 bits per heavy atom. The first-order valence-electron chi connectivity index (χ1n) is 31.1. The van der Waals surface area contributed by atoms with Crippen LogP contribution < -0.4 is 5.32 Å². The molecule has 7 atom stereocenters. The number of hydrogen-bond donors (Lipinski definition) is 6. The van der Waals surface area contributed by atoms with Gasteiger partial charge in [0, 0.05) is 6.42 Å². The summed E-state index contributed by atoms with van der Waals surface area (Å²) in [7, 11) is 0. The Hall–Kier alpha value is -3.15. The lowest BCUT2D eigenvalue weighted by Crippen LogP contribution is -2.60. The molecule has 9 nitrogen and oxygen atoms in total. The molecule has 0 spiro atoms. The number of hydrogen-bond acceptors (Lipinski definition) is 8. The summed E-state index contributed by atoms with van der Waals surface area (Å²) in [6, 6.07) is -0.849. The van der Waals surface area contributed by atoms with Gasteiger partial charge in [-0.3, -0.25) is 4.79 Å². The van der Waals surface area contributed by atoms with E-state index in [2.05, 4.69) is 116 Å². The molecule has 0 aromatic heterocycles. The minimum atomic E-state index is -1.59. The highest BCUT2D eigenvalue weighted by atomic mass is 16.7. The number of aliphatic hydroxyl groups excluding tert-OH is 5. The standard InChI is InChI=1S/C67H115NO8/c1-3-5-7-9-11-13-15-17-19-21-23-25-27-29-30-31-33-34-36-38-40-42-44-46-48-50-52-54-56-61(70)60(59-75-67-66(74)65(73)64(72)62(58-69)76-67)68-63(71)57-55-53-51-49-47-45-43-41-39-37-35-32-28-26-24-22-20-18-16-14-12-10-8-6-4-2/h6,8,12,14,18,20,24,26,32,35,39,41,45-48,54,56,60-62,64-67,69-70,72-74H,3-5,7,9-11,13,15-17,19,21-23,25,27-31,33-34,36-38,40,42-44,49-53,55,57-59H2,1-2H3,(H,68,71)/b8-6-,14-12-,20-18-,26-24-,35-32-,41-39-,47-45-,48-46+,56-54+. The maximum Gasteiger partial charge on any atom is 0.220 e. The number of allylic oxidation sites excluding steroid dienone is 17. The monoisotopic (exact) mass is 1060 g/mol. The lowest BCUT2D eigenvalue weighted by atomic mass is 9.99. The molecule has 76 heavy (non-hydrogen) atoms. The first kappa shape index (κ1) is 70.9. The summed E-state index contributed by atoms with van der Waals surface area (Å²) >= 11 is 0. The van der Waals surface area contributed by atoms with E-state index in [4.69, 9.17) is 9.47 Å². The Bertz CT molecular complexity index is 1560. The SMILES string of the molecule is CC/C=C\C/C=C\C/C=C\C/C=C\C/C=C\C/C=C\C/C=C\CCCCCC(=O)NC(COC1OC(CO)C(O)C(O)C1O)C(O)/C=C/CC/C=C/CCCCCCCCCCCCCCCCCCCCCCCC. The van der Waals surface area contributed by atoms with Gasteiger partial charge in [-0.2, -0.15) is 0 Å². The average molecular weight is 1060 g/mol. The van der Waals surface area contributed by atoms with Gasteiger partial charge in [-0.15, -0.1) is 0 Å². The molecule has 1 rings (SSSR count). The van der Waals surface area contributed by atoms with E-state index in [0.29, 0.717) is 12.8 Å². The predicted octanol–water partition coefficient (Wildman–Crippen LogP) is 16.1. The lowest BCUT2D eigenvalue weighted by Gasteiger charge is -2.40. The van der Waals surface area contributed by atoms with Crippen molar-refractivity contribution in [2.45, 2.75) is 294 Å². The average Bonchev–Trinajstić information content (AvgIpc) is 3.42. The summed E-state index contributed by atoms with van der Waals surface area (Å²) in [5.41, 5.74) is 0. The van der Waals surface area contributed by atoms with Gasteiger partial charge in [0.25, 0.3) is 0 Å². The van der Waals surface area contributed by atoms with Gasteiger partial charge in [0.15, 0.2) is 6.29 Å². The van der Waals surface area contributed by atoms with Crippen LogP contribution in [0.2, 0.25) is 0 Å². The van der Waals surface area contributed by atoms with Gasteiger partial charge in [0.2, 0.25) is 5.91 Å². The van der Waals surface area contributed by atoms with Crippen LogP contribution in [0.1, 0.15) is 251 Å². The van der Waals surface area contributed by atoms with Crippen molar-refractivity contribution < 1.29 is 39.8 Å². The third-order valence-corrected chi connectivity index (χ3v) is 14.1. The van der Waals surface area contributed by atoms with Gasteiger partial charge in [-0.05, 0) is 89.9 Å². The fourth-order valence-corrected chi connectivity index (χ4v) is 9.21. The maximum atomic E-state index is 13.1. The Balaban J connectivity index is 2.26. The van der Waals surface area contributed by atoms with Crippen molar-refractivity contribution in [3.05, 3.63) is 109 Å². The second-order valence-corrected chi connectivity index (χ2v) is 21.1. The third-order valence-electron chi connectivity index (χ3n) is 14.1. The van der Waals surface area contributed by atoms with Gasteiger partial charge in [0.1, 0.15) is 24.4 Å². The molecule has 1 fully saturated rings. The van der Waals surface area contributed by atoms with Gasteiger partial charge in [-0.1, -0.05) is 264 Å². The fourth-order valence-electron chi connectivity index (χ4n) is 9.21. The number of aliphatic hydroxyl groups is 5. The molecule has 0 bridgehead atoms. The molecule has 1 aliphatic heterocycles. The molecule has 1 saturated heterocycles. The molecule has 1 aliphatic rings. The summed E-state index contributed by atoms with van der Waals surface area (Å²) in [6.45, 7) is 3.64. The number of nitrogens with one attached hydrogen (secondary N) is 1. The Morgan fingerprint density at radius 2 is 0.829 bits per heavy atom. The number of amides is 1. The van der Waals surface area contributed by atoms with Crippen LogP contribution in [-0.2, 0) is 14.3 Å². The van der Waals surface area contributed by atoms with Crippen molar-refractivity contribution in [3.8, 4) is 0 Å². The first-order valence-corrected chi connectivity index (χ1v) is 31.1. The summed E-state index contributed by atoms with van der Waals surface area (Å²) in [4.78, 5) is 13.1. The highest BCUT2D eigenvalue weighted by Gasteiger charge is 2.44. The number of ether oxygens (including phenoxy) is 2. The number of unbranched alkanes of at least 4 members (excludes halogenated alkanes) is 26. The van der Waals surface area contributed by atoms with E-state index >= 15 is 0 Å². The van der Waals surface area contributed by atoms with E-state index in [1.807, 2.05) is 6.08 Å². The molecule has 0 saturated carbocycles. The molecule has 1 amide bonds. The zero-order valence-corrected chi connectivity index (χ0v) is 48.5. The van der Waals surface area contributed by atoms with Crippen LogP contribution in [-0.4, -0.2) is 87.5 Å². The number of rotatable bonds is 52. The number of carbonyl (C=O) groups is 1. The Labute approximate surface area is 466 Å². The summed E-state index contributed by atoms with van der Waals surface area (Å²) in [5.74, 6) is -0.221. The molecule has 0 aromatic rings. The van der Waals surface area contributed by atoms with Gasteiger partial charge >= 0.3 is 0 Å². The van der Waals surface area contributed by atoms with Crippen LogP contribution in [0, 0.1) is 0 Å². The fraction of sp³-hybridized carbons (Fsp3) is 0.716. The van der Waals surface area contributed by atoms with Crippen molar-refractivity contribution in [1.29, 1.82) is 0 Å². The van der Waals surface area contributed by atoms with Crippen molar-refractivity contribution in [2.24, 2.45) is 0 Å². The highest BCUT2D eigenvalue weighted by Crippen LogP contribution is 2.23. The zero-order valence-electron chi connectivity index (χ0n) is 48.5. The quantitative estimate of drug-likeness (QED) is 0.0261.